The summed E-state index contributed by atoms with van der Waals surface area (Å²) in [6.45, 7) is 0. The lowest BCUT2D eigenvalue weighted by Crippen LogP contribution is -2.10. The Kier molecular flexibility index (Phi) is 5.08. The molecule has 4 rings (SSSR count). The third-order valence-corrected chi connectivity index (χ3v) is 6.60. The van der Waals surface area contributed by atoms with Crippen LogP contribution in [-0.2, 0) is 6.42 Å². The Bertz CT molecular complexity index is 1200. The van der Waals surface area contributed by atoms with Crippen molar-refractivity contribution in [2.75, 3.05) is 5.32 Å². The number of halogens is 1. The molecule has 4 aromatic rings. The standard InChI is InChI=1S/C19H12ClN3O3S2/c20-16-14-6-1-2-7-15(14)28-17(16)18(24)22-19-21-10-13(27-19)9-11-4-3-5-12(8-11)23(25)26/h1-8,10H,9H2,(H,21,22,24). The van der Waals surface area contributed by atoms with E-state index in [0.29, 0.717) is 21.5 Å². The Balaban J connectivity index is 1.50. The molecule has 0 aliphatic rings. The maximum atomic E-state index is 12.6. The molecule has 0 fully saturated rings. The van der Waals surface area contributed by atoms with Crippen molar-refractivity contribution in [1.29, 1.82) is 0 Å². The molecule has 140 valence electrons. The van der Waals surface area contributed by atoms with Crippen LogP contribution in [0.15, 0.2) is 54.7 Å². The Morgan fingerprint density at radius 2 is 2.00 bits per heavy atom. The van der Waals surface area contributed by atoms with Gasteiger partial charge in [-0.2, -0.15) is 0 Å². The summed E-state index contributed by atoms with van der Waals surface area (Å²) in [4.78, 5) is 28.6. The van der Waals surface area contributed by atoms with Gasteiger partial charge in [0.25, 0.3) is 11.6 Å². The molecule has 0 saturated carbocycles. The lowest BCUT2D eigenvalue weighted by Gasteiger charge is -2.00. The summed E-state index contributed by atoms with van der Waals surface area (Å²) in [6.07, 6.45) is 2.16. The Labute approximate surface area is 172 Å². The molecule has 9 heteroatoms. The summed E-state index contributed by atoms with van der Waals surface area (Å²) in [7, 11) is 0. The van der Waals surface area contributed by atoms with Crippen LogP contribution in [0.2, 0.25) is 5.02 Å². The van der Waals surface area contributed by atoms with Gasteiger partial charge in [-0.3, -0.25) is 20.2 Å². The van der Waals surface area contributed by atoms with Crippen molar-refractivity contribution in [2.24, 2.45) is 0 Å². The second kappa shape index (κ2) is 7.67. The lowest BCUT2D eigenvalue weighted by molar-refractivity contribution is -0.384. The molecule has 0 aliphatic heterocycles. The molecule has 1 amide bonds. The molecule has 0 radical (unpaired) electrons. The van der Waals surface area contributed by atoms with E-state index in [1.807, 2.05) is 30.3 Å². The fourth-order valence-corrected chi connectivity index (χ4v) is 5.00. The summed E-state index contributed by atoms with van der Waals surface area (Å²) in [5.41, 5.74) is 0.859. The first-order valence-electron chi connectivity index (χ1n) is 8.17. The minimum atomic E-state index is -0.420. The number of carbonyl (C=O) groups is 1. The van der Waals surface area contributed by atoms with E-state index < -0.39 is 4.92 Å². The Hall–Kier alpha value is -2.81. The zero-order chi connectivity index (χ0) is 19.7. The van der Waals surface area contributed by atoms with E-state index >= 15 is 0 Å². The average Bonchev–Trinajstić information content (AvgIpc) is 3.26. The van der Waals surface area contributed by atoms with Gasteiger partial charge in [0, 0.05) is 39.7 Å². The number of carbonyl (C=O) groups excluding carboxylic acids is 1. The minimum absolute atomic E-state index is 0.0509. The molecule has 1 N–H and O–H groups in total. The number of fused-ring (bicyclic) bond motifs is 1. The SMILES string of the molecule is O=C(Nc1ncc(Cc2cccc([N+](=O)[O-])c2)s1)c1sc2ccccc2c1Cl. The second-order valence-corrected chi connectivity index (χ2v) is 8.48. The van der Waals surface area contributed by atoms with Crippen molar-refractivity contribution in [2.45, 2.75) is 6.42 Å². The van der Waals surface area contributed by atoms with E-state index in [9.17, 15) is 14.9 Å². The second-order valence-electron chi connectivity index (χ2n) is 5.93. The maximum absolute atomic E-state index is 12.6. The zero-order valence-corrected chi connectivity index (χ0v) is 16.6. The van der Waals surface area contributed by atoms with Crippen molar-refractivity contribution >= 4 is 61.1 Å². The molecule has 0 unspecified atom stereocenters. The minimum Gasteiger partial charge on any atom is -0.297 e. The van der Waals surface area contributed by atoms with Gasteiger partial charge in [-0.15, -0.1) is 22.7 Å². The highest BCUT2D eigenvalue weighted by molar-refractivity contribution is 7.22. The predicted molar refractivity (Wildman–Crippen MR) is 113 cm³/mol. The number of nitrogens with one attached hydrogen (secondary N) is 1. The number of nitro benzene ring substituents is 1. The molecule has 0 bridgehead atoms. The monoisotopic (exact) mass is 429 g/mol. The van der Waals surface area contributed by atoms with Crippen LogP contribution < -0.4 is 5.32 Å². The number of amides is 1. The van der Waals surface area contributed by atoms with Gasteiger partial charge in [0.05, 0.1) is 9.95 Å². The van der Waals surface area contributed by atoms with Gasteiger partial charge in [-0.05, 0) is 11.6 Å². The molecular formula is C19H12ClN3O3S2. The van der Waals surface area contributed by atoms with E-state index in [1.165, 1.54) is 34.8 Å². The number of thiophene rings is 1. The van der Waals surface area contributed by atoms with Crippen molar-refractivity contribution in [3.8, 4) is 0 Å². The highest BCUT2D eigenvalue weighted by Gasteiger charge is 2.18. The largest absolute Gasteiger partial charge is 0.297 e. The van der Waals surface area contributed by atoms with Crippen molar-refractivity contribution in [3.05, 3.63) is 85.2 Å². The number of non-ortho nitro benzene ring substituents is 1. The highest BCUT2D eigenvalue weighted by Crippen LogP contribution is 2.35. The number of anilines is 1. The number of thiazole rings is 1. The van der Waals surface area contributed by atoms with Gasteiger partial charge in [0.2, 0.25) is 0 Å². The molecule has 2 aromatic carbocycles. The fraction of sp³-hybridized carbons (Fsp3) is 0.0526. The van der Waals surface area contributed by atoms with E-state index in [1.54, 1.807) is 12.3 Å². The van der Waals surface area contributed by atoms with Crippen LogP contribution in [0, 0.1) is 10.1 Å². The molecule has 0 atom stereocenters. The smallest absolute Gasteiger partial charge is 0.269 e. The highest BCUT2D eigenvalue weighted by atomic mass is 35.5. The summed E-state index contributed by atoms with van der Waals surface area (Å²) in [5.74, 6) is -0.303. The summed E-state index contributed by atoms with van der Waals surface area (Å²) < 4.78 is 0.947. The molecule has 0 saturated heterocycles. The normalized spacial score (nSPS) is 10.9. The van der Waals surface area contributed by atoms with Gasteiger partial charge in [0.1, 0.15) is 4.88 Å². The molecule has 28 heavy (non-hydrogen) atoms. The predicted octanol–water partition coefficient (Wildman–Crippen LogP) is 5.76. The topological polar surface area (TPSA) is 85.1 Å². The van der Waals surface area contributed by atoms with Crippen LogP contribution in [-0.4, -0.2) is 15.8 Å². The van der Waals surface area contributed by atoms with Crippen LogP contribution in [0.4, 0.5) is 10.8 Å². The molecule has 6 nitrogen and oxygen atoms in total. The Morgan fingerprint density at radius 1 is 1.18 bits per heavy atom. The quantitative estimate of drug-likeness (QED) is 0.322. The van der Waals surface area contributed by atoms with Crippen LogP contribution in [0.25, 0.3) is 10.1 Å². The number of nitro groups is 1. The molecule has 0 aliphatic carbocycles. The van der Waals surface area contributed by atoms with Gasteiger partial charge in [-0.1, -0.05) is 41.9 Å². The third-order valence-electron chi connectivity index (χ3n) is 4.01. The molecule has 2 aromatic heterocycles. The van der Waals surface area contributed by atoms with Crippen LogP contribution >= 0.6 is 34.3 Å². The van der Waals surface area contributed by atoms with Crippen molar-refractivity contribution in [1.82, 2.24) is 4.98 Å². The van der Waals surface area contributed by atoms with Gasteiger partial charge in [0.15, 0.2) is 5.13 Å². The van der Waals surface area contributed by atoms with Crippen LogP contribution in [0.1, 0.15) is 20.1 Å². The van der Waals surface area contributed by atoms with Gasteiger partial charge in [-0.25, -0.2) is 4.98 Å². The fourth-order valence-electron chi connectivity index (χ4n) is 2.74. The number of rotatable bonds is 5. The molecule has 0 spiro atoms. The van der Waals surface area contributed by atoms with E-state index in [0.717, 1.165) is 20.5 Å². The van der Waals surface area contributed by atoms with Crippen LogP contribution in [0.3, 0.4) is 0 Å². The van der Waals surface area contributed by atoms with E-state index in [-0.39, 0.29) is 11.6 Å². The van der Waals surface area contributed by atoms with Gasteiger partial charge >= 0.3 is 0 Å². The zero-order valence-electron chi connectivity index (χ0n) is 14.2. The van der Waals surface area contributed by atoms with Crippen molar-refractivity contribution in [3.63, 3.8) is 0 Å². The summed E-state index contributed by atoms with van der Waals surface area (Å²) in [6, 6.07) is 14.0. The summed E-state index contributed by atoms with van der Waals surface area (Å²) >= 11 is 9.01. The number of hydrogen-bond acceptors (Lipinski definition) is 6. The first-order chi connectivity index (χ1) is 13.5. The average molecular weight is 430 g/mol. The van der Waals surface area contributed by atoms with Crippen molar-refractivity contribution < 1.29 is 9.72 Å². The Morgan fingerprint density at radius 3 is 2.79 bits per heavy atom. The number of hydrogen-bond donors (Lipinski definition) is 1. The maximum Gasteiger partial charge on any atom is 0.269 e. The number of aromatic nitrogens is 1. The van der Waals surface area contributed by atoms with Gasteiger partial charge < -0.3 is 0 Å². The summed E-state index contributed by atoms with van der Waals surface area (Å²) in [5, 5.41) is 15.4. The first kappa shape index (κ1) is 18.5. The third kappa shape index (κ3) is 3.75. The lowest BCUT2D eigenvalue weighted by atomic mass is 10.1. The van der Waals surface area contributed by atoms with E-state index in [4.69, 9.17) is 11.6 Å². The number of nitrogens with zero attached hydrogens (tertiary/aromatic N) is 2. The molecular weight excluding hydrogens is 418 g/mol. The molecule has 2 heterocycles. The number of benzene rings is 2. The first-order valence-corrected chi connectivity index (χ1v) is 10.2. The van der Waals surface area contributed by atoms with Crippen LogP contribution in [0.5, 0.6) is 0 Å². The van der Waals surface area contributed by atoms with E-state index in [2.05, 4.69) is 10.3 Å².